The maximum atomic E-state index is 12.6. The molecule has 1 atom stereocenters. The molecule has 0 spiro atoms. The molecule has 2 aromatic rings. The van der Waals surface area contributed by atoms with Crippen LogP contribution in [0.1, 0.15) is 25.3 Å². The summed E-state index contributed by atoms with van der Waals surface area (Å²) in [6, 6.07) is 8.22. The Morgan fingerprint density at radius 2 is 2.34 bits per heavy atom. The zero-order valence-corrected chi connectivity index (χ0v) is 17.2. The number of carbonyl (C=O) groups excluding carboxylic acids is 1. The molecule has 2 heterocycles. The molecule has 0 radical (unpaired) electrons. The number of amides is 1. The van der Waals surface area contributed by atoms with Crippen LogP contribution in [-0.4, -0.2) is 60.8 Å². The minimum atomic E-state index is -0.542. The maximum Gasteiger partial charge on any atom is 0.291 e. The highest BCUT2D eigenvalue weighted by Gasteiger charge is 2.25. The summed E-state index contributed by atoms with van der Waals surface area (Å²) in [6.07, 6.45) is 4.46. The summed E-state index contributed by atoms with van der Waals surface area (Å²) in [5.41, 5.74) is 1.28. The second-order valence-corrected chi connectivity index (χ2v) is 7.56. The highest BCUT2D eigenvalue weighted by Crippen LogP contribution is 2.19. The Labute approximate surface area is 171 Å². The molecule has 1 saturated heterocycles. The molecule has 0 saturated carbocycles. The van der Waals surface area contributed by atoms with Crippen LogP contribution in [0.2, 0.25) is 0 Å². The Morgan fingerprint density at radius 3 is 3.07 bits per heavy atom. The van der Waals surface area contributed by atoms with E-state index in [1.54, 1.807) is 7.11 Å². The van der Waals surface area contributed by atoms with E-state index in [1.807, 2.05) is 24.0 Å². The minimum absolute atomic E-state index is 0.0336. The Kier molecular flexibility index (Phi) is 7.46. The number of carbonyl (C=O) groups is 1. The SMILES string of the molecule is CCN(CC1CCCN(CCc2cccc(OC)c2)C1)C(=O)C[n+]1cc([O-])on1. The molecular weight excluding hydrogens is 372 g/mol. The first kappa shape index (κ1) is 21.1. The summed E-state index contributed by atoms with van der Waals surface area (Å²) in [4.78, 5) is 16.9. The Hall–Kier alpha value is -2.61. The molecule has 158 valence electrons. The van der Waals surface area contributed by atoms with Crippen LogP contribution in [0, 0.1) is 5.92 Å². The van der Waals surface area contributed by atoms with E-state index in [-0.39, 0.29) is 12.5 Å². The van der Waals surface area contributed by atoms with Crippen LogP contribution < -0.4 is 14.5 Å². The number of hydrogen-bond donors (Lipinski definition) is 0. The van der Waals surface area contributed by atoms with Crippen molar-refractivity contribution in [2.24, 2.45) is 5.92 Å². The second kappa shape index (κ2) is 10.2. The molecule has 0 bridgehead atoms. The summed E-state index contributed by atoms with van der Waals surface area (Å²) >= 11 is 0. The fourth-order valence-corrected chi connectivity index (χ4v) is 3.91. The van der Waals surface area contributed by atoms with E-state index in [0.29, 0.717) is 12.5 Å². The van der Waals surface area contributed by atoms with Crippen LogP contribution in [0.15, 0.2) is 35.0 Å². The minimum Gasteiger partial charge on any atom is -0.539 e. The predicted molar refractivity (Wildman–Crippen MR) is 104 cm³/mol. The number of ether oxygens (including phenoxy) is 1. The standard InChI is InChI=1S/C21H30N4O4/c1-3-24(20(26)15-25-16-21(27)29-22-25)14-18-7-5-10-23(13-18)11-9-17-6-4-8-19(12-17)28-2/h4,6,8,12,16,18H,3,5,7,9-11,13-15H2,1-2H3. The quantitative estimate of drug-likeness (QED) is 0.578. The van der Waals surface area contributed by atoms with E-state index < -0.39 is 5.95 Å². The molecule has 1 aromatic carbocycles. The third-order valence-corrected chi connectivity index (χ3v) is 5.45. The van der Waals surface area contributed by atoms with Crippen LogP contribution in [0.3, 0.4) is 0 Å². The molecule has 1 fully saturated rings. The molecule has 1 aliphatic rings. The van der Waals surface area contributed by atoms with Crippen LogP contribution in [0.4, 0.5) is 0 Å². The van der Waals surface area contributed by atoms with Gasteiger partial charge in [0.15, 0.2) is 0 Å². The Morgan fingerprint density at radius 1 is 1.48 bits per heavy atom. The molecule has 0 aliphatic carbocycles. The number of nitrogens with zero attached hydrogens (tertiary/aromatic N) is 4. The maximum absolute atomic E-state index is 12.6. The zero-order valence-electron chi connectivity index (χ0n) is 17.2. The van der Waals surface area contributed by atoms with Crippen molar-refractivity contribution in [2.45, 2.75) is 32.7 Å². The van der Waals surface area contributed by atoms with Gasteiger partial charge in [0.25, 0.3) is 12.5 Å². The lowest BCUT2D eigenvalue weighted by atomic mass is 9.96. The van der Waals surface area contributed by atoms with E-state index >= 15 is 0 Å². The molecule has 1 aromatic heterocycles. The molecule has 1 amide bonds. The van der Waals surface area contributed by atoms with Gasteiger partial charge in [-0.25, -0.2) is 0 Å². The zero-order chi connectivity index (χ0) is 20.6. The van der Waals surface area contributed by atoms with Gasteiger partial charge in [-0.3, -0.25) is 4.79 Å². The van der Waals surface area contributed by atoms with Crippen LogP contribution >= 0.6 is 0 Å². The van der Waals surface area contributed by atoms with Gasteiger partial charge in [-0.1, -0.05) is 16.8 Å². The number of piperidine rings is 1. The molecule has 1 aliphatic heterocycles. The smallest absolute Gasteiger partial charge is 0.291 e. The third-order valence-electron chi connectivity index (χ3n) is 5.45. The molecular formula is C21H30N4O4. The van der Waals surface area contributed by atoms with Crippen molar-refractivity contribution in [3.63, 3.8) is 0 Å². The van der Waals surface area contributed by atoms with Crippen molar-refractivity contribution >= 4 is 5.91 Å². The molecule has 0 N–H and O–H groups in total. The van der Waals surface area contributed by atoms with Crippen LogP contribution in [-0.2, 0) is 17.8 Å². The van der Waals surface area contributed by atoms with Gasteiger partial charge in [0.2, 0.25) is 6.20 Å². The Bertz CT molecular complexity index is 794. The number of rotatable bonds is 9. The topological polar surface area (TPSA) is 85.8 Å². The summed E-state index contributed by atoms with van der Waals surface area (Å²) in [5, 5.41) is 14.6. The van der Waals surface area contributed by atoms with Crippen molar-refractivity contribution in [1.82, 2.24) is 15.1 Å². The second-order valence-electron chi connectivity index (χ2n) is 7.56. The van der Waals surface area contributed by atoms with E-state index in [2.05, 4.69) is 26.8 Å². The van der Waals surface area contributed by atoms with Gasteiger partial charge in [-0.2, -0.15) is 0 Å². The number of methoxy groups -OCH3 is 1. The Balaban J connectivity index is 1.49. The third kappa shape index (κ3) is 6.19. The van der Waals surface area contributed by atoms with Gasteiger partial charge in [-0.05, 0) is 56.3 Å². The highest BCUT2D eigenvalue weighted by molar-refractivity contribution is 5.74. The van der Waals surface area contributed by atoms with E-state index in [0.717, 1.165) is 51.2 Å². The summed E-state index contributed by atoms with van der Waals surface area (Å²) in [6.45, 7) is 6.48. The first-order chi connectivity index (χ1) is 14.1. The largest absolute Gasteiger partial charge is 0.539 e. The van der Waals surface area contributed by atoms with Gasteiger partial charge >= 0.3 is 0 Å². The lowest BCUT2D eigenvalue weighted by molar-refractivity contribution is -0.751. The molecule has 29 heavy (non-hydrogen) atoms. The lowest BCUT2D eigenvalue weighted by Gasteiger charge is -2.35. The fraction of sp³-hybridized carbons (Fsp3) is 0.571. The van der Waals surface area contributed by atoms with Gasteiger partial charge < -0.3 is 24.2 Å². The summed E-state index contributed by atoms with van der Waals surface area (Å²) in [5.74, 6) is 0.764. The monoisotopic (exact) mass is 402 g/mol. The molecule has 8 heteroatoms. The van der Waals surface area contributed by atoms with E-state index in [4.69, 9.17) is 4.74 Å². The number of benzene rings is 1. The predicted octanol–water partition coefficient (Wildman–Crippen LogP) is 0.848. The van der Waals surface area contributed by atoms with Crippen molar-refractivity contribution < 1.29 is 23.8 Å². The average molecular weight is 402 g/mol. The fourth-order valence-electron chi connectivity index (χ4n) is 3.91. The number of likely N-dealkylation sites (tertiary alicyclic amines) is 1. The van der Waals surface area contributed by atoms with Crippen LogP contribution in [0.25, 0.3) is 0 Å². The van der Waals surface area contributed by atoms with Crippen molar-refractivity contribution in [1.29, 1.82) is 0 Å². The van der Waals surface area contributed by atoms with Gasteiger partial charge in [0.1, 0.15) is 11.7 Å². The average Bonchev–Trinajstić information content (AvgIpc) is 3.15. The molecule has 1 unspecified atom stereocenters. The molecule has 8 nitrogen and oxygen atoms in total. The van der Waals surface area contributed by atoms with Crippen molar-refractivity contribution in [2.75, 3.05) is 39.8 Å². The highest BCUT2D eigenvalue weighted by atomic mass is 16.6. The van der Waals surface area contributed by atoms with Crippen molar-refractivity contribution in [3.05, 3.63) is 36.0 Å². The summed E-state index contributed by atoms with van der Waals surface area (Å²) in [7, 11) is 1.69. The van der Waals surface area contributed by atoms with Gasteiger partial charge in [-0.15, -0.1) is 0 Å². The summed E-state index contributed by atoms with van der Waals surface area (Å²) < 4.78 is 11.1. The first-order valence-electron chi connectivity index (χ1n) is 10.2. The molecule has 3 rings (SSSR count). The first-order valence-corrected chi connectivity index (χ1v) is 10.2. The number of hydrogen-bond acceptors (Lipinski definition) is 6. The normalized spacial score (nSPS) is 17.2. The van der Waals surface area contributed by atoms with Crippen LogP contribution in [0.5, 0.6) is 11.7 Å². The van der Waals surface area contributed by atoms with E-state index in [9.17, 15) is 9.90 Å². The van der Waals surface area contributed by atoms with Gasteiger partial charge in [0, 0.05) is 26.2 Å². The van der Waals surface area contributed by atoms with Gasteiger partial charge in [0.05, 0.1) is 12.4 Å². The number of likely N-dealkylation sites (N-methyl/N-ethyl adjacent to an activating group) is 1. The van der Waals surface area contributed by atoms with E-state index in [1.165, 1.54) is 16.4 Å². The number of aromatic nitrogens is 2. The lowest BCUT2D eigenvalue weighted by Crippen LogP contribution is -2.48. The van der Waals surface area contributed by atoms with Crippen molar-refractivity contribution in [3.8, 4) is 11.7 Å².